The molecule has 0 N–H and O–H groups in total. The predicted molar refractivity (Wildman–Crippen MR) is 73.4 cm³/mol. The number of thiazole rings is 1. The molecule has 7 heteroatoms. The highest BCUT2D eigenvalue weighted by molar-refractivity contribution is 14.1. The lowest BCUT2D eigenvalue weighted by molar-refractivity contribution is 0.628. The number of aromatic nitrogens is 4. The zero-order valence-electron chi connectivity index (χ0n) is 8.58. The third kappa shape index (κ3) is 2.12. The van der Waals surface area contributed by atoms with E-state index in [1.54, 1.807) is 23.6 Å². The number of hydrogen-bond donors (Lipinski definition) is 0. The minimum absolute atomic E-state index is 0.103. The molecule has 0 aliphatic rings. The molecule has 5 nitrogen and oxygen atoms in total. The molecule has 0 aromatic carbocycles. The van der Waals surface area contributed by atoms with Crippen LogP contribution in [0.25, 0.3) is 4.96 Å². The molecule has 0 aliphatic heterocycles. The van der Waals surface area contributed by atoms with Gasteiger partial charge < -0.3 is 0 Å². The van der Waals surface area contributed by atoms with E-state index >= 15 is 0 Å². The Hall–Kier alpha value is -1.22. The van der Waals surface area contributed by atoms with Crippen LogP contribution in [-0.2, 0) is 6.54 Å². The quantitative estimate of drug-likeness (QED) is 0.654. The van der Waals surface area contributed by atoms with E-state index in [4.69, 9.17) is 0 Å². The van der Waals surface area contributed by atoms with Gasteiger partial charge in [-0.15, -0.1) is 11.3 Å². The van der Waals surface area contributed by atoms with E-state index in [-0.39, 0.29) is 5.56 Å². The highest BCUT2D eigenvalue weighted by atomic mass is 127. The van der Waals surface area contributed by atoms with Crippen molar-refractivity contribution in [3.8, 4) is 0 Å². The molecule has 0 saturated heterocycles. The Bertz CT molecular complexity index is 701. The van der Waals surface area contributed by atoms with E-state index < -0.39 is 0 Å². The first-order chi connectivity index (χ1) is 8.22. The molecule has 3 rings (SSSR count). The van der Waals surface area contributed by atoms with Crippen LogP contribution in [0.3, 0.4) is 0 Å². The molecule has 0 aliphatic carbocycles. The van der Waals surface area contributed by atoms with Crippen molar-refractivity contribution in [3.05, 3.63) is 49.7 Å². The minimum atomic E-state index is -0.103. The van der Waals surface area contributed by atoms with Gasteiger partial charge >= 0.3 is 0 Å². The summed E-state index contributed by atoms with van der Waals surface area (Å²) < 4.78 is 4.20. The van der Waals surface area contributed by atoms with Crippen LogP contribution in [0.2, 0.25) is 0 Å². The summed E-state index contributed by atoms with van der Waals surface area (Å²) in [7, 11) is 0. The first-order valence-corrected chi connectivity index (χ1v) is 6.82. The van der Waals surface area contributed by atoms with Crippen LogP contribution in [0.15, 0.2) is 34.8 Å². The van der Waals surface area contributed by atoms with Crippen LogP contribution < -0.4 is 5.56 Å². The van der Waals surface area contributed by atoms with Crippen molar-refractivity contribution in [3.63, 3.8) is 0 Å². The van der Waals surface area contributed by atoms with Gasteiger partial charge in [0.25, 0.3) is 5.56 Å². The fraction of sp³-hybridized carbons (Fsp3) is 0.100. The molecule has 0 radical (unpaired) electrons. The van der Waals surface area contributed by atoms with Gasteiger partial charge in [0.1, 0.15) is 0 Å². The summed E-state index contributed by atoms with van der Waals surface area (Å²) in [6.07, 6.45) is 5.53. The lowest BCUT2D eigenvalue weighted by Gasteiger charge is -2.00. The standard InChI is InChI=1S/C10H7IN4OS/c11-7-3-9(16)15(12-4-7)6-8-5-14-1-2-17-10(14)13-8/h1-5H,6H2. The highest BCUT2D eigenvalue weighted by Gasteiger charge is 2.05. The average molecular weight is 358 g/mol. The van der Waals surface area contributed by atoms with Crippen molar-refractivity contribution in [2.45, 2.75) is 6.54 Å². The molecule has 0 amide bonds. The highest BCUT2D eigenvalue weighted by Crippen LogP contribution is 2.11. The van der Waals surface area contributed by atoms with Crippen molar-refractivity contribution in [1.82, 2.24) is 19.2 Å². The maximum Gasteiger partial charge on any atom is 0.268 e. The van der Waals surface area contributed by atoms with Crippen molar-refractivity contribution in [1.29, 1.82) is 0 Å². The van der Waals surface area contributed by atoms with E-state index in [1.165, 1.54) is 4.68 Å². The number of nitrogens with zero attached hydrogens (tertiary/aromatic N) is 4. The lowest BCUT2D eigenvalue weighted by atomic mass is 10.4. The van der Waals surface area contributed by atoms with Gasteiger partial charge in [0.2, 0.25) is 0 Å². The molecule has 0 bridgehead atoms. The van der Waals surface area contributed by atoms with Crippen molar-refractivity contribution in [2.75, 3.05) is 0 Å². The molecule has 86 valence electrons. The SMILES string of the molecule is O=c1cc(I)cnn1Cc1cn2ccsc2n1. The van der Waals surface area contributed by atoms with Gasteiger partial charge in [-0.3, -0.25) is 9.20 Å². The summed E-state index contributed by atoms with van der Waals surface area (Å²) in [6.45, 7) is 0.407. The smallest absolute Gasteiger partial charge is 0.268 e. The summed E-state index contributed by atoms with van der Waals surface area (Å²) in [5.41, 5.74) is 0.737. The van der Waals surface area contributed by atoms with Gasteiger partial charge in [-0.2, -0.15) is 5.10 Å². The normalized spacial score (nSPS) is 11.1. The first kappa shape index (κ1) is 10.9. The van der Waals surface area contributed by atoms with Gasteiger partial charge in [0.15, 0.2) is 4.96 Å². The second-order valence-electron chi connectivity index (χ2n) is 3.49. The monoisotopic (exact) mass is 358 g/mol. The maximum atomic E-state index is 11.7. The summed E-state index contributed by atoms with van der Waals surface area (Å²) in [5.74, 6) is 0. The molecule has 3 aromatic heterocycles. The van der Waals surface area contributed by atoms with Crippen LogP contribution in [0, 0.1) is 3.57 Å². The molecule has 0 atom stereocenters. The summed E-state index contributed by atoms with van der Waals surface area (Å²) in [4.78, 5) is 17.0. The van der Waals surface area contributed by atoms with Gasteiger partial charge in [-0.25, -0.2) is 9.67 Å². The molecule has 0 spiro atoms. The molecule has 17 heavy (non-hydrogen) atoms. The Morgan fingerprint density at radius 3 is 3.12 bits per heavy atom. The molecule has 3 aromatic rings. The Labute approximate surface area is 114 Å². The third-order valence-corrected chi connectivity index (χ3v) is 3.65. The first-order valence-electron chi connectivity index (χ1n) is 4.86. The van der Waals surface area contributed by atoms with Crippen LogP contribution in [0.1, 0.15) is 5.69 Å². The van der Waals surface area contributed by atoms with Gasteiger partial charge in [0, 0.05) is 27.4 Å². The van der Waals surface area contributed by atoms with Crippen LogP contribution >= 0.6 is 33.9 Å². The zero-order chi connectivity index (χ0) is 11.8. The van der Waals surface area contributed by atoms with Crippen molar-refractivity contribution < 1.29 is 0 Å². The second kappa shape index (κ2) is 4.22. The fourth-order valence-electron chi connectivity index (χ4n) is 1.54. The summed E-state index contributed by atoms with van der Waals surface area (Å²) in [5, 5.41) is 6.05. The summed E-state index contributed by atoms with van der Waals surface area (Å²) >= 11 is 3.64. The Morgan fingerprint density at radius 2 is 2.35 bits per heavy atom. The maximum absolute atomic E-state index is 11.7. The summed E-state index contributed by atoms with van der Waals surface area (Å²) in [6, 6.07) is 1.56. The Kier molecular flexibility index (Phi) is 2.71. The predicted octanol–water partition coefficient (Wildman–Crippen LogP) is 1.61. The topological polar surface area (TPSA) is 52.2 Å². The average Bonchev–Trinajstić information content (AvgIpc) is 2.82. The molecular weight excluding hydrogens is 351 g/mol. The van der Waals surface area contributed by atoms with Gasteiger partial charge in [-0.1, -0.05) is 0 Å². The fourth-order valence-corrected chi connectivity index (χ4v) is 2.65. The van der Waals surface area contributed by atoms with Crippen molar-refractivity contribution in [2.24, 2.45) is 0 Å². The van der Waals surface area contributed by atoms with Gasteiger partial charge in [0.05, 0.1) is 18.4 Å². The molecule has 0 saturated carbocycles. The minimum Gasteiger partial charge on any atom is -0.297 e. The Balaban J connectivity index is 1.96. The van der Waals surface area contributed by atoms with Crippen LogP contribution in [-0.4, -0.2) is 19.2 Å². The number of hydrogen-bond acceptors (Lipinski definition) is 4. The Morgan fingerprint density at radius 1 is 1.47 bits per heavy atom. The van der Waals surface area contributed by atoms with E-state index in [9.17, 15) is 4.79 Å². The van der Waals surface area contributed by atoms with E-state index in [1.807, 2.05) is 22.2 Å². The van der Waals surface area contributed by atoms with Gasteiger partial charge in [-0.05, 0) is 22.6 Å². The van der Waals surface area contributed by atoms with E-state index in [0.29, 0.717) is 6.54 Å². The lowest BCUT2D eigenvalue weighted by Crippen LogP contribution is -2.22. The van der Waals surface area contributed by atoms with E-state index in [2.05, 4.69) is 32.7 Å². The van der Waals surface area contributed by atoms with E-state index in [0.717, 1.165) is 14.2 Å². The molecule has 0 unspecified atom stereocenters. The van der Waals surface area contributed by atoms with Crippen LogP contribution in [0.5, 0.6) is 0 Å². The molecular formula is C10H7IN4OS. The molecule has 3 heterocycles. The number of imidazole rings is 1. The zero-order valence-corrected chi connectivity index (χ0v) is 11.6. The largest absolute Gasteiger partial charge is 0.297 e. The van der Waals surface area contributed by atoms with Crippen molar-refractivity contribution >= 4 is 38.9 Å². The number of rotatable bonds is 2. The third-order valence-electron chi connectivity index (χ3n) is 2.29. The molecule has 0 fully saturated rings. The number of fused-ring (bicyclic) bond motifs is 1. The second-order valence-corrected chi connectivity index (χ2v) is 5.61. The van der Waals surface area contributed by atoms with Crippen LogP contribution in [0.4, 0.5) is 0 Å². The number of halogens is 1.